The second-order valence-electron chi connectivity index (χ2n) is 7.51. The first-order valence-corrected chi connectivity index (χ1v) is 10.6. The first-order chi connectivity index (χ1) is 13.9. The van der Waals surface area contributed by atoms with Crippen molar-refractivity contribution in [3.05, 3.63) is 40.4 Å². The SMILES string of the molecule is Cc1cc(C)n(-c2cc(N3CCCC(C(=O)Nc4nc(C)c(C)s4)C3)ncn2)n1. The Morgan fingerprint density at radius 3 is 2.66 bits per heavy atom. The Balaban J connectivity index is 1.49. The highest BCUT2D eigenvalue weighted by Gasteiger charge is 2.27. The fourth-order valence-electron chi connectivity index (χ4n) is 3.62. The number of aromatic nitrogens is 5. The van der Waals surface area contributed by atoms with E-state index in [0.717, 1.165) is 53.0 Å². The third-order valence-corrected chi connectivity index (χ3v) is 6.23. The van der Waals surface area contributed by atoms with Gasteiger partial charge in [0.15, 0.2) is 10.9 Å². The molecule has 1 atom stereocenters. The zero-order valence-corrected chi connectivity index (χ0v) is 18.0. The van der Waals surface area contributed by atoms with Crippen molar-refractivity contribution < 1.29 is 4.79 Å². The predicted octanol–water partition coefficient (Wildman–Crippen LogP) is 3.21. The number of hydrogen-bond acceptors (Lipinski definition) is 7. The Morgan fingerprint density at radius 1 is 1.17 bits per heavy atom. The fourth-order valence-corrected chi connectivity index (χ4v) is 4.44. The van der Waals surface area contributed by atoms with E-state index in [-0.39, 0.29) is 11.8 Å². The third-order valence-electron chi connectivity index (χ3n) is 5.24. The normalized spacial score (nSPS) is 16.8. The number of nitrogens with zero attached hydrogens (tertiary/aromatic N) is 6. The monoisotopic (exact) mass is 411 g/mol. The number of nitrogens with one attached hydrogen (secondary N) is 1. The molecule has 9 heteroatoms. The van der Waals surface area contributed by atoms with Crippen LogP contribution in [0.4, 0.5) is 10.9 Å². The molecule has 29 heavy (non-hydrogen) atoms. The molecular formula is C20H25N7OS. The van der Waals surface area contributed by atoms with Gasteiger partial charge in [0.2, 0.25) is 5.91 Å². The second kappa shape index (κ2) is 7.90. The number of carbonyl (C=O) groups is 1. The summed E-state index contributed by atoms with van der Waals surface area (Å²) in [6.45, 7) is 9.44. The Bertz CT molecular complexity index is 1020. The fraction of sp³-hybridized carbons (Fsp3) is 0.450. The first-order valence-electron chi connectivity index (χ1n) is 9.76. The van der Waals surface area contributed by atoms with Crippen molar-refractivity contribution in [3.63, 3.8) is 0 Å². The number of rotatable bonds is 4. The molecule has 3 aromatic heterocycles. The van der Waals surface area contributed by atoms with Crippen molar-refractivity contribution >= 4 is 28.2 Å². The molecule has 0 aliphatic carbocycles. The lowest BCUT2D eigenvalue weighted by atomic mass is 9.97. The number of anilines is 2. The van der Waals surface area contributed by atoms with Crippen LogP contribution in [0.25, 0.3) is 5.82 Å². The average molecular weight is 412 g/mol. The number of aryl methyl sites for hydroxylation is 4. The van der Waals surface area contributed by atoms with E-state index in [4.69, 9.17) is 0 Å². The molecular weight excluding hydrogens is 386 g/mol. The Hall–Kier alpha value is -2.81. The lowest BCUT2D eigenvalue weighted by molar-refractivity contribution is -0.120. The van der Waals surface area contributed by atoms with Crippen molar-refractivity contribution in [2.45, 2.75) is 40.5 Å². The van der Waals surface area contributed by atoms with E-state index in [1.807, 2.05) is 44.5 Å². The van der Waals surface area contributed by atoms with E-state index in [1.54, 1.807) is 6.33 Å². The van der Waals surface area contributed by atoms with Crippen molar-refractivity contribution in [2.75, 3.05) is 23.3 Å². The summed E-state index contributed by atoms with van der Waals surface area (Å²) < 4.78 is 1.82. The van der Waals surface area contributed by atoms with E-state index in [0.29, 0.717) is 11.7 Å². The van der Waals surface area contributed by atoms with E-state index >= 15 is 0 Å². The molecule has 0 bridgehead atoms. The van der Waals surface area contributed by atoms with Crippen LogP contribution in [-0.2, 0) is 4.79 Å². The summed E-state index contributed by atoms with van der Waals surface area (Å²) in [7, 11) is 0. The van der Waals surface area contributed by atoms with Crippen LogP contribution in [0.2, 0.25) is 0 Å². The highest BCUT2D eigenvalue weighted by atomic mass is 32.1. The summed E-state index contributed by atoms with van der Waals surface area (Å²) in [5.41, 5.74) is 2.94. The lowest BCUT2D eigenvalue weighted by Crippen LogP contribution is -2.41. The molecule has 8 nitrogen and oxygen atoms in total. The van der Waals surface area contributed by atoms with E-state index in [2.05, 4.69) is 30.3 Å². The molecule has 0 aromatic carbocycles. The summed E-state index contributed by atoms with van der Waals surface area (Å²) in [4.78, 5) is 29.3. The Morgan fingerprint density at radius 2 is 1.97 bits per heavy atom. The van der Waals surface area contributed by atoms with Crippen LogP contribution in [0.3, 0.4) is 0 Å². The van der Waals surface area contributed by atoms with Gasteiger partial charge in [0.05, 0.1) is 17.3 Å². The molecule has 1 fully saturated rings. The van der Waals surface area contributed by atoms with Crippen molar-refractivity contribution in [1.82, 2.24) is 24.7 Å². The first kappa shape index (κ1) is 19.5. The molecule has 1 amide bonds. The largest absolute Gasteiger partial charge is 0.356 e. The van der Waals surface area contributed by atoms with Crippen molar-refractivity contribution in [3.8, 4) is 5.82 Å². The third kappa shape index (κ3) is 4.14. The molecule has 1 unspecified atom stereocenters. The van der Waals surface area contributed by atoms with Gasteiger partial charge in [-0.2, -0.15) is 5.10 Å². The van der Waals surface area contributed by atoms with Gasteiger partial charge >= 0.3 is 0 Å². The van der Waals surface area contributed by atoms with Gasteiger partial charge in [-0.15, -0.1) is 11.3 Å². The minimum absolute atomic E-state index is 0.0243. The van der Waals surface area contributed by atoms with Crippen LogP contribution in [0.15, 0.2) is 18.5 Å². The molecule has 4 rings (SSSR count). The summed E-state index contributed by atoms with van der Waals surface area (Å²) in [6.07, 6.45) is 3.36. The molecule has 0 spiro atoms. The number of hydrogen-bond donors (Lipinski definition) is 1. The number of carbonyl (C=O) groups excluding carboxylic acids is 1. The van der Waals surface area contributed by atoms with Crippen molar-refractivity contribution in [1.29, 1.82) is 0 Å². The van der Waals surface area contributed by atoms with Crippen LogP contribution >= 0.6 is 11.3 Å². The quantitative estimate of drug-likeness (QED) is 0.709. The lowest BCUT2D eigenvalue weighted by Gasteiger charge is -2.32. The number of amides is 1. The Labute approximate surface area is 174 Å². The van der Waals surface area contributed by atoms with Crippen LogP contribution in [0.5, 0.6) is 0 Å². The minimum Gasteiger partial charge on any atom is -0.356 e. The maximum atomic E-state index is 12.8. The smallest absolute Gasteiger partial charge is 0.231 e. The molecule has 3 aromatic rings. The predicted molar refractivity (Wildman–Crippen MR) is 114 cm³/mol. The van der Waals surface area contributed by atoms with Gasteiger partial charge in [0.1, 0.15) is 12.1 Å². The molecule has 1 N–H and O–H groups in total. The maximum absolute atomic E-state index is 12.8. The van der Waals surface area contributed by atoms with Gasteiger partial charge in [-0.05, 0) is 46.6 Å². The van der Waals surface area contributed by atoms with Gasteiger partial charge < -0.3 is 10.2 Å². The molecule has 4 heterocycles. The summed E-state index contributed by atoms with van der Waals surface area (Å²) in [6, 6.07) is 3.96. The van der Waals surface area contributed by atoms with Crippen LogP contribution < -0.4 is 10.2 Å². The van der Waals surface area contributed by atoms with Crippen molar-refractivity contribution in [2.24, 2.45) is 5.92 Å². The molecule has 1 aliphatic rings. The van der Waals surface area contributed by atoms with Crippen LogP contribution in [-0.4, -0.2) is 43.7 Å². The van der Waals surface area contributed by atoms with E-state index in [9.17, 15) is 4.79 Å². The van der Waals surface area contributed by atoms with Crippen LogP contribution in [0, 0.1) is 33.6 Å². The Kier molecular flexibility index (Phi) is 5.31. The second-order valence-corrected chi connectivity index (χ2v) is 8.71. The van der Waals surface area contributed by atoms with Gasteiger partial charge in [0, 0.05) is 29.7 Å². The standard InChI is InChI=1S/C20H25N7OS/c1-12-8-13(2)27(25-12)18-9-17(21-11-22-18)26-7-5-6-16(10-26)19(28)24-20-23-14(3)15(4)29-20/h8-9,11,16H,5-7,10H2,1-4H3,(H,23,24,28). The molecule has 0 radical (unpaired) electrons. The molecule has 1 saturated heterocycles. The summed E-state index contributed by atoms with van der Waals surface area (Å²) >= 11 is 1.52. The zero-order chi connectivity index (χ0) is 20.5. The topological polar surface area (TPSA) is 88.8 Å². The maximum Gasteiger partial charge on any atom is 0.231 e. The van der Waals surface area contributed by atoms with Gasteiger partial charge in [-0.3, -0.25) is 4.79 Å². The van der Waals surface area contributed by atoms with Gasteiger partial charge in [-0.25, -0.2) is 19.6 Å². The minimum atomic E-state index is -0.0969. The van der Waals surface area contributed by atoms with E-state index in [1.165, 1.54) is 11.3 Å². The highest BCUT2D eigenvalue weighted by molar-refractivity contribution is 7.15. The summed E-state index contributed by atoms with van der Waals surface area (Å²) in [5.74, 6) is 1.48. The molecule has 152 valence electrons. The van der Waals surface area contributed by atoms with Gasteiger partial charge in [-0.1, -0.05) is 0 Å². The number of thiazole rings is 1. The number of piperidine rings is 1. The summed E-state index contributed by atoms with van der Waals surface area (Å²) in [5, 5.41) is 8.17. The zero-order valence-electron chi connectivity index (χ0n) is 17.1. The highest BCUT2D eigenvalue weighted by Crippen LogP contribution is 2.26. The van der Waals surface area contributed by atoms with E-state index < -0.39 is 0 Å². The molecule has 1 aliphatic heterocycles. The molecule has 0 saturated carbocycles. The van der Waals surface area contributed by atoms with Crippen LogP contribution in [0.1, 0.15) is 34.8 Å². The van der Waals surface area contributed by atoms with Gasteiger partial charge in [0.25, 0.3) is 0 Å². The average Bonchev–Trinajstić information content (AvgIpc) is 3.21.